The predicted molar refractivity (Wildman–Crippen MR) is 87.5 cm³/mol. The second kappa shape index (κ2) is 6.84. The van der Waals surface area contributed by atoms with E-state index in [-0.39, 0.29) is 5.78 Å². The van der Waals surface area contributed by atoms with Crippen LogP contribution in [-0.4, -0.2) is 30.3 Å². The maximum atomic E-state index is 12.3. The maximum Gasteiger partial charge on any atom is 0.176 e. The lowest BCUT2D eigenvalue weighted by molar-refractivity contribution is 0.0851. The average Bonchev–Trinajstić information content (AvgIpc) is 2.39. The second-order valence-corrected chi connectivity index (χ2v) is 6.92. The van der Waals surface area contributed by atoms with E-state index in [1.165, 1.54) is 29.3 Å². The second-order valence-electron chi connectivity index (χ2n) is 5.67. The Labute approximate surface area is 129 Å². The molecule has 0 heterocycles. The molecule has 0 radical (unpaired) electrons. The molecule has 0 amide bonds. The standard InChI is InChI=1S/C16H22INO/c1-12-5-3-4-6-15(12)18(2)11-16(19)13-7-9-14(17)10-8-13/h7-10,12,15H,3-6,11H2,1-2H3. The molecule has 2 nitrogen and oxygen atoms in total. The molecule has 2 unspecified atom stereocenters. The number of carbonyl (C=O) groups is 1. The fraction of sp³-hybridized carbons (Fsp3) is 0.562. The normalized spacial score (nSPS) is 23.6. The van der Waals surface area contributed by atoms with Crippen molar-refractivity contribution in [3.8, 4) is 0 Å². The minimum Gasteiger partial charge on any atom is -0.296 e. The third-order valence-corrected chi connectivity index (χ3v) is 4.91. The molecule has 0 spiro atoms. The zero-order chi connectivity index (χ0) is 13.8. The summed E-state index contributed by atoms with van der Waals surface area (Å²) in [6.45, 7) is 2.85. The molecule has 0 N–H and O–H groups in total. The molecule has 1 fully saturated rings. The number of benzene rings is 1. The molecule has 2 rings (SSSR count). The largest absolute Gasteiger partial charge is 0.296 e. The Morgan fingerprint density at radius 2 is 1.89 bits per heavy atom. The van der Waals surface area contributed by atoms with Crippen LogP contribution in [0.3, 0.4) is 0 Å². The van der Waals surface area contributed by atoms with Gasteiger partial charge in [-0.1, -0.05) is 31.9 Å². The maximum absolute atomic E-state index is 12.3. The summed E-state index contributed by atoms with van der Waals surface area (Å²) >= 11 is 2.26. The molecule has 0 aromatic heterocycles. The van der Waals surface area contributed by atoms with Crippen molar-refractivity contribution >= 4 is 28.4 Å². The lowest BCUT2D eigenvalue weighted by Crippen LogP contribution is -2.41. The Morgan fingerprint density at radius 1 is 1.26 bits per heavy atom. The molecule has 1 aromatic rings. The van der Waals surface area contributed by atoms with Gasteiger partial charge in [-0.2, -0.15) is 0 Å². The van der Waals surface area contributed by atoms with Gasteiger partial charge in [0.05, 0.1) is 6.54 Å². The van der Waals surface area contributed by atoms with Gasteiger partial charge in [0.25, 0.3) is 0 Å². The average molecular weight is 371 g/mol. The zero-order valence-corrected chi connectivity index (χ0v) is 13.9. The van der Waals surface area contributed by atoms with E-state index < -0.39 is 0 Å². The van der Waals surface area contributed by atoms with Crippen molar-refractivity contribution in [2.24, 2.45) is 5.92 Å². The number of nitrogens with zero attached hydrogens (tertiary/aromatic N) is 1. The molecule has 3 heteroatoms. The molecule has 1 aliphatic rings. The number of ketones is 1. The topological polar surface area (TPSA) is 20.3 Å². The number of likely N-dealkylation sites (N-methyl/N-ethyl adjacent to an activating group) is 1. The highest BCUT2D eigenvalue weighted by atomic mass is 127. The minimum absolute atomic E-state index is 0.233. The van der Waals surface area contributed by atoms with Crippen LogP contribution in [0.5, 0.6) is 0 Å². The quantitative estimate of drug-likeness (QED) is 0.589. The van der Waals surface area contributed by atoms with Gasteiger partial charge in [-0.05, 0) is 60.5 Å². The van der Waals surface area contributed by atoms with Crippen LogP contribution in [-0.2, 0) is 0 Å². The van der Waals surface area contributed by atoms with E-state index >= 15 is 0 Å². The van der Waals surface area contributed by atoms with Gasteiger partial charge >= 0.3 is 0 Å². The smallest absolute Gasteiger partial charge is 0.176 e. The molecule has 0 aliphatic heterocycles. The van der Waals surface area contributed by atoms with Gasteiger partial charge in [-0.25, -0.2) is 0 Å². The fourth-order valence-electron chi connectivity index (χ4n) is 3.02. The summed E-state index contributed by atoms with van der Waals surface area (Å²) in [5, 5.41) is 0. The first kappa shape index (κ1) is 15.0. The van der Waals surface area contributed by atoms with Gasteiger partial charge in [0, 0.05) is 15.2 Å². The highest BCUT2D eigenvalue weighted by Crippen LogP contribution is 2.27. The Kier molecular flexibility index (Phi) is 5.39. The van der Waals surface area contributed by atoms with Gasteiger partial charge in [-0.15, -0.1) is 0 Å². The highest BCUT2D eigenvalue weighted by molar-refractivity contribution is 14.1. The van der Waals surface area contributed by atoms with E-state index in [1.807, 2.05) is 24.3 Å². The van der Waals surface area contributed by atoms with Crippen LogP contribution in [0.4, 0.5) is 0 Å². The van der Waals surface area contributed by atoms with Gasteiger partial charge in [-0.3, -0.25) is 9.69 Å². The molecule has 1 aromatic carbocycles. The lowest BCUT2D eigenvalue weighted by atomic mass is 9.85. The van der Waals surface area contributed by atoms with Crippen LogP contribution in [0.2, 0.25) is 0 Å². The lowest BCUT2D eigenvalue weighted by Gasteiger charge is -2.35. The number of Topliss-reactive ketones (excluding diaryl/α,β-unsaturated/α-hetero) is 1. The highest BCUT2D eigenvalue weighted by Gasteiger charge is 2.26. The van der Waals surface area contributed by atoms with Crippen LogP contribution < -0.4 is 0 Å². The van der Waals surface area contributed by atoms with E-state index in [1.54, 1.807) is 0 Å². The van der Waals surface area contributed by atoms with E-state index in [0.29, 0.717) is 18.5 Å². The summed E-state index contributed by atoms with van der Waals surface area (Å²) < 4.78 is 1.17. The van der Waals surface area contributed by atoms with Gasteiger partial charge < -0.3 is 0 Å². The van der Waals surface area contributed by atoms with Crippen molar-refractivity contribution in [3.63, 3.8) is 0 Å². The molecule has 2 atom stereocenters. The zero-order valence-electron chi connectivity index (χ0n) is 11.7. The van der Waals surface area contributed by atoms with E-state index in [0.717, 1.165) is 5.56 Å². The molecule has 0 saturated heterocycles. The Morgan fingerprint density at radius 3 is 2.53 bits per heavy atom. The van der Waals surface area contributed by atoms with Crippen molar-refractivity contribution in [2.45, 2.75) is 38.6 Å². The van der Waals surface area contributed by atoms with Crippen LogP contribution in [0, 0.1) is 9.49 Å². The first-order chi connectivity index (χ1) is 9.08. The molecule has 0 bridgehead atoms. The van der Waals surface area contributed by atoms with Crippen LogP contribution >= 0.6 is 22.6 Å². The Hall–Kier alpha value is -0.420. The van der Waals surface area contributed by atoms with Crippen LogP contribution in [0.25, 0.3) is 0 Å². The molecule has 104 valence electrons. The summed E-state index contributed by atoms with van der Waals surface area (Å²) in [5.41, 5.74) is 0.829. The first-order valence-electron chi connectivity index (χ1n) is 7.07. The van der Waals surface area contributed by atoms with Gasteiger partial charge in [0.2, 0.25) is 0 Å². The molecule has 1 aliphatic carbocycles. The van der Waals surface area contributed by atoms with Crippen molar-refractivity contribution in [2.75, 3.05) is 13.6 Å². The number of hydrogen-bond donors (Lipinski definition) is 0. The van der Waals surface area contributed by atoms with E-state index in [4.69, 9.17) is 0 Å². The third kappa shape index (κ3) is 4.02. The third-order valence-electron chi connectivity index (χ3n) is 4.19. The van der Waals surface area contributed by atoms with Crippen molar-refractivity contribution in [3.05, 3.63) is 33.4 Å². The summed E-state index contributed by atoms with van der Waals surface area (Å²) in [7, 11) is 2.09. The molecule has 1 saturated carbocycles. The Bertz CT molecular complexity index is 429. The SMILES string of the molecule is CC1CCCCC1N(C)CC(=O)c1ccc(I)cc1. The van der Waals surface area contributed by atoms with Crippen molar-refractivity contribution < 1.29 is 4.79 Å². The number of carbonyl (C=O) groups excluding carboxylic acids is 1. The summed E-state index contributed by atoms with van der Waals surface area (Å²) in [6, 6.07) is 8.43. The monoisotopic (exact) mass is 371 g/mol. The number of hydrogen-bond acceptors (Lipinski definition) is 2. The van der Waals surface area contributed by atoms with Crippen molar-refractivity contribution in [1.82, 2.24) is 4.90 Å². The first-order valence-corrected chi connectivity index (χ1v) is 8.15. The predicted octanol–water partition coefficient (Wildman–Crippen LogP) is 3.98. The fourth-order valence-corrected chi connectivity index (χ4v) is 3.38. The Balaban J connectivity index is 1.96. The van der Waals surface area contributed by atoms with Crippen LogP contribution in [0.1, 0.15) is 43.0 Å². The van der Waals surface area contributed by atoms with Gasteiger partial charge in [0.1, 0.15) is 0 Å². The number of halogens is 1. The summed E-state index contributed by atoms with van der Waals surface area (Å²) in [4.78, 5) is 14.5. The minimum atomic E-state index is 0.233. The van der Waals surface area contributed by atoms with Crippen molar-refractivity contribution in [1.29, 1.82) is 0 Å². The van der Waals surface area contributed by atoms with E-state index in [2.05, 4.69) is 41.5 Å². The molecular formula is C16H22INO. The number of rotatable bonds is 4. The summed E-state index contributed by atoms with van der Waals surface area (Å²) in [6.07, 6.45) is 5.18. The van der Waals surface area contributed by atoms with Gasteiger partial charge in [0.15, 0.2) is 5.78 Å². The van der Waals surface area contributed by atoms with E-state index in [9.17, 15) is 4.79 Å². The van der Waals surface area contributed by atoms with Crippen LogP contribution in [0.15, 0.2) is 24.3 Å². The molecular weight excluding hydrogens is 349 g/mol. The molecule has 19 heavy (non-hydrogen) atoms. The summed E-state index contributed by atoms with van der Waals surface area (Å²) in [5.74, 6) is 0.944.